The Labute approximate surface area is 160 Å². The highest BCUT2D eigenvalue weighted by Gasteiger charge is 2.54. The van der Waals surface area contributed by atoms with Crippen LogP contribution in [-0.2, 0) is 0 Å². The first-order chi connectivity index (χ1) is 13.4. The molecule has 3 amide bonds. The number of fused-ring (bicyclic) bond motifs is 1. The monoisotopic (exact) mass is 385 g/mol. The van der Waals surface area contributed by atoms with E-state index in [1.54, 1.807) is 0 Å². The minimum atomic E-state index is -0.856. The lowest BCUT2D eigenvalue weighted by atomic mass is 9.52. The van der Waals surface area contributed by atoms with Crippen molar-refractivity contribution in [3.8, 4) is 0 Å². The highest BCUT2D eigenvalue weighted by Crippen LogP contribution is 2.56. The first-order valence-electron chi connectivity index (χ1n) is 9.59. The quantitative estimate of drug-likeness (QED) is 0.425. The Balaban J connectivity index is 1.48. The smallest absolute Gasteiger partial charge is 0.330 e. The zero-order valence-corrected chi connectivity index (χ0v) is 15.2. The Bertz CT molecular complexity index is 942. The predicted octanol–water partition coefficient (Wildman–Crippen LogP) is 0.622. The molecule has 148 valence electrons. The van der Waals surface area contributed by atoms with Gasteiger partial charge < -0.3 is 21.1 Å². The van der Waals surface area contributed by atoms with E-state index in [1.807, 2.05) is 0 Å². The number of anilines is 1. The molecular weight excluding hydrogens is 362 g/mol. The lowest BCUT2D eigenvalue weighted by Crippen LogP contribution is -2.59. The molecule has 0 aromatic carbocycles. The molecule has 6 rings (SSSR count). The standard InChI is InChI=1S/C18H23N7O3/c19-17(27)25-24-16(26)11-6-20-15-14(21-7-22-15)13(11)23-12-9-1-8-2-10(12)5-18(28,3-8)4-9/h6-10,12,28H,1-5H2,(H,24,26)(H3,19,25,27)(H2,20,21,22,23)/t8?,9-,10+,12+,18-. The zero-order chi connectivity index (χ0) is 19.5. The lowest BCUT2D eigenvalue weighted by Gasteiger charge is -2.58. The van der Waals surface area contributed by atoms with Gasteiger partial charge in [0.15, 0.2) is 5.65 Å². The number of urea groups is 1. The molecule has 10 nitrogen and oxygen atoms in total. The number of nitrogens with one attached hydrogen (secondary N) is 4. The van der Waals surface area contributed by atoms with Gasteiger partial charge in [-0.3, -0.25) is 10.2 Å². The van der Waals surface area contributed by atoms with Gasteiger partial charge in [0.2, 0.25) is 0 Å². The maximum Gasteiger partial charge on any atom is 0.330 e. The first kappa shape index (κ1) is 17.2. The van der Waals surface area contributed by atoms with Gasteiger partial charge in [-0.2, -0.15) is 0 Å². The van der Waals surface area contributed by atoms with Gasteiger partial charge in [-0.1, -0.05) is 0 Å². The number of hydrogen-bond acceptors (Lipinski definition) is 6. The van der Waals surface area contributed by atoms with Crippen LogP contribution in [0.2, 0.25) is 0 Å². The van der Waals surface area contributed by atoms with Crippen LogP contribution in [-0.4, -0.2) is 43.6 Å². The molecule has 10 heteroatoms. The van der Waals surface area contributed by atoms with Gasteiger partial charge in [0, 0.05) is 12.2 Å². The van der Waals surface area contributed by atoms with Crippen molar-refractivity contribution in [1.29, 1.82) is 0 Å². The van der Waals surface area contributed by atoms with Crippen molar-refractivity contribution < 1.29 is 14.7 Å². The second-order valence-electron chi connectivity index (χ2n) is 8.45. The summed E-state index contributed by atoms with van der Waals surface area (Å²) >= 11 is 0. The van der Waals surface area contributed by atoms with Gasteiger partial charge in [0.05, 0.1) is 23.2 Å². The van der Waals surface area contributed by atoms with Crippen molar-refractivity contribution in [2.75, 3.05) is 5.32 Å². The van der Waals surface area contributed by atoms with E-state index in [2.05, 4.69) is 31.1 Å². The molecule has 4 bridgehead atoms. The number of carbonyl (C=O) groups is 2. The molecule has 4 aliphatic rings. The number of carbonyl (C=O) groups excluding carboxylic acids is 2. The molecule has 0 spiro atoms. The summed E-state index contributed by atoms with van der Waals surface area (Å²) in [5.74, 6) is 0.781. The topological polar surface area (TPSA) is 158 Å². The molecule has 4 fully saturated rings. The number of primary amides is 1. The molecule has 1 unspecified atom stereocenters. The molecular formula is C18H23N7O3. The van der Waals surface area contributed by atoms with Crippen LogP contribution < -0.4 is 21.9 Å². The molecule has 4 aliphatic carbocycles. The van der Waals surface area contributed by atoms with E-state index in [-0.39, 0.29) is 11.6 Å². The highest BCUT2D eigenvalue weighted by atomic mass is 16.3. The molecule has 2 aromatic rings. The third kappa shape index (κ3) is 2.75. The molecule has 28 heavy (non-hydrogen) atoms. The number of amides is 3. The fourth-order valence-electron chi connectivity index (χ4n) is 5.78. The molecule has 4 saturated carbocycles. The molecule has 2 heterocycles. The fourth-order valence-corrected chi connectivity index (χ4v) is 5.78. The Morgan fingerprint density at radius 2 is 1.93 bits per heavy atom. The van der Waals surface area contributed by atoms with Crippen LogP contribution in [0.3, 0.4) is 0 Å². The number of rotatable bonds is 3. The summed E-state index contributed by atoms with van der Waals surface area (Å²) in [6.45, 7) is 0. The van der Waals surface area contributed by atoms with Crippen molar-refractivity contribution in [3.63, 3.8) is 0 Å². The third-order valence-corrected chi connectivity index (χ3v) is 6.54. The summed E-state index contributed by atoms with van der Waals surface area (Å²) in [5.41, 5.74) is 10.9. The van der Waals surface area contributed by atoms with E-state index >= 15 is 0 Å². The fraction of sp³-hybridized carbons (Fsp3) is 0.556. The largest absolute Gasteiger partial charge is 0.390 e. The number of hydrazine groups is 1. The molecule has 0 saturated heterocycles. The average molecular weight is 385 g/mol. The number of pyridine rings is 1. The molecule has 2 aromatic heterocycles. The van der Waals surface area contributed by atoms with E-state index < -0.39 is 17.5 Å². The van der Waals surface area contributed by atoms with Gasteiger partial charge >= 0.3 is 6.03 Å². The minimum absolute atomic E-state index is 0.162. The van der Waals surface area contributed by atoms with Crippen molar-refractivity contribution >= 4 is 28.8 Å². The number of aromatic amines is 1. The number of nitrogens with zero attached hydrogens (tertiary/aromatic N) is 2. The Hall–Kier alpha value is -2.88. The number of hydrogen-bond donors (Lipinski definition) is 6. The number of aliphatic hydroxyl groups is 1. The maximum absolute atomic E-state index is 12.6. The molecule has 7 N–H and O–H groups in total. The van der Waals surface area contributed by atoms with E-state index in [1.165, 1.54) is 12.5 Å². The van der Waals surface area contributed by atoms with Crippen LogP contribution in [0, 0.1) is 17.8 Å². The first-order valence-corrected chi connectivity index (χ1v) is 9.59. The van der Waals surface area contributed by atoms with E-state index in [4.69, 9.17) is 5.73 Å². The van der Waals surface area contributed by atoms with Crippen LogP contribution in [0.4, 0.5) is 10.5 Å². The van der Waals surface area contributed by atoms with Crippen molar-refractivity contribution in [1.82, 2.24) is 25.8 Å². The van der Waals surface area contributed by atoms with Gasteiger partial charge in [-0.15, -0.1) is 0 Å². The normalized spacial score (nSPS) is 33.0. The number of nitrogens with two attached hydrogens (primary N) is 1. The highest BCUT2D eigenvalue weighted by molar-refractivity contribution is 6.05. The van der Waals surface area contributed by atoms with Gasteiger partial charge in [-0.05, 0) is 49.9 Å². The van der Waals surface area contributed by atoms with Crippen LogP contribution >= 0.6 is 0 Å². The minimum Gasteiger partial charge on any atom is -0.390 e. The summed E-state index contributed by atoms with van der Waals surface area (Å²) in [6.07, 6.45) is 7.66. The van der Waals surface area contributed by atoms with Gasteiger partial charge in [0.1, 0.15) is 5.52 Å². The summed E-state index contributed by atoms with van der Waals surface area (Å²) in [6, 6.07) is -0.694. The predicted molar refractivity (Wildman–Crippen MR) is 100.0 cm³/mol. The van der Waals surface area contributed by atoms with Crippen LogP contribution in [0.1, 0.15) is 42.5 Å². The zero-order valence-electron chi connectivity index (χ0n) is 15.2. The summed E-state index contributed by atoms with van der Waals surface area (Å²) < 4.78 is 0. The SMILES string of the molecule is NC(=O)NNC(=O)c1cnc2[nH]cnc2c1N[C@H]1[C@@H]2CC3C[C@H]1C[C@@](O)(C3)C2. The van der Waals surface area contributed by atoms with E-state index in [0.717, 1.165) is 32.1 Å². The van der Waals surface area contributed by atoms with Crippen LogP contribution in [0.15, 0.2) is 12.5 Å². The third-order valence-electron chi connectivity index (χ3n) is 6.54. The summed E-state index contributed by atoms with van der Waals surface area (Å²) in [7, 11) is 0. The number of imidazole rings is 1. The Kier molecular flexibility index (Phi) is 3.73. The summed E-state index contributed by atoms with van der Waals surface area (Å²) in [4.78, 5) is 35.1. The summed E-state index contributed by atoms with van der Waals surface area (Å²) in [5, 5.41) is 14.4. The second-order valence-corrected chi connectivity index (χ2v) is 8.45. The number of aromatic nitrogens is 3. The second kappa shape index (κ2) is 6.06. The molecule has 0 radical (unpaired) electrons. The maximum atomic E-state index is 12.6. The van der Waals surface area contributed by atoms with Gasteiger partial charge in [0.25, 0.3) is 5.91 Å². The number of H-pyrrole nitrogens is 1. The Morgan fingerprint density at radius 3 is 2.61 bits per heavy atom. The van der Waals surface area contributed by atoms with Crippen LogP contribution in [0.25, 0.3) is 11.2 Å². The van der Waals surface area contributed by atoms with Gasteiger partial charge in [-0.25, -0.2) is 20.2 Å². The van der Waals surface area contributed by atoms with E-state index in [9.17, 15) is 14.7 Å². The van der Waals surface area contributed by atoms with E-state index in [0.29, 0.717) is 34.6 Å². The van der Waals surface area contributed by atoms with Crippen molar-refractivity contribution in [2.24, 2.45) is 23.5 Å². The average Bonchev–Trinajstić information content (AvgIpc) is 3.10. The van der Waals surface area contributed by atoms with Crippen LogP contribution in [0.5, 0.6) is 0 Å². The van der Waals surface area contributed by atoms with Crippen molar-refractivity contribution in [2.45, 2.75) is 43.7 Å². The molecule has 5 atom stereocenters. The lowest BCUT2D eigenvalue weighted by molar-refractivity contribution is -0.129. The van der Waals surface area contributed by atoms with Crippen molar-refractivity contribution in [3.05, 3.63) is 18.1 Å². The Morgan fingerprint density at radius 1 is 1.18 bits per heavy atom. The molecule has 0 aliphatic heterocycles.